The standard InChI is InChI=1S/C4H9N3O/c5-4-3-8-2-1-7(4)6/h5H,1-3,6H2. The third kappa shape index (κ3) is 0.962. The number of rotatable bonds is 0. The molecule has 0 aromatic heterocycles. The summed E-state index contributed by atoms with van der Waals surface area (Å²) in [6.45, 7) is 1.63. The van der Waals surface area contributed by atoms with Crippen LogP contribution in [0.15, 0.2) is 0 Å². The Morgan fingerprint density at radius 2 is 2.50 bits per heavy atom. The van der Waals surface area contributed by atoms with Crippen molar-refractivity contribution in [2.24, 2.45) is 5.84 Å². The largest absolute Gasteiger partial charge is 0.372 e. The molecule has 0 bridgehead atoms. The first kappa shape index (κ1) is 5.53. The van der Waals surface area contributed by atoms with Crippen molar-refractivity contribution in [3.05, 3.63) is 0 Å². The lowest BCUT2D eigenvalue weighted by atomic mass is 10.5. The predicted octanol–water partition coefficient (Wildman–Crippen LogP) is -0.830. The smallest absolute Gasteiger partial charge is 0.137 e. The van der Waals surface area contributed by atoms with Crippen LogP contribution in [0.2, 0.25) is 0 Å². The van der Waals surface area contributed by atoms with Crippen molar-refractivity contribution in [3.8, 4) is 0 Å². The molecule has 0 atom stereocenters. The van der Waals surface area contributed by atoms with Crippen LogP contribution < -0.4 is 5.84 Å². The lowest BCUT2D eigenvalue weighted by Crippen LogP contribution is -2.45. The van der Waals surface area contributed by atoms with Gasteiger partial charge in [-0.25, -0.2) is 5.84 Å². The number of hydrazine groups is 1. The fraction of sp³-hybridized carbons (Fsp3) is 0.750. The summed E-state index contributed by atoms with van der Waals surface area (Å²) in [5.41, 5.74) is 0. The number of morpholine rings is 1. The van der Waals surface area contributed by atoms with E-state index < -0.39 is 0 Å². The molecule has 0 radical (unpaired) electrons. The molecule has 0 amide bonds. The second-order valence-electron chi connectivity index (χ2n) is 1.69. The lowest BCUT2D eigenvalue weighted by Gasteiger charge is -2.23. The van der Waals surface area contributed by atoms with Gasteiger partial charge in [0.15, 0.2) is 0 Å². The second-order valence-corrected chi connectivity index (χ2v) is 1.69. The quantitative estimate of drug-likeness (QED) is 0.405. The Hall–Kier alpha value is -0.610. The van der Waals surface area contributed by atoms with Crippen LogP contribution in [0.4, 0.5) is 0 Å². The van der Waals surface area contributed by atoms with E-state index in [1.54, 1.807) is 0 Å². The predicted molar refractivity (Wildman–Crippen MR) is 29.4 cm³/mol. The molecule has 4 heteroatoms. The third-order valence-corrected chi connectivity index (χ3v) is 1.06. The molecule has 1 fully saturated rings. The summed E-state index contributed by atoms with van der Waals surface area (Å²) in [7, 11) is 0. The monoisotopic (exact) mass is 115 g/mol. The minimum atomic E-state index is 0.358. The van der Waals surface area contributed by atoms with Crippen molar-refractivity contribution in [2.45, 2.75) is 0 Å². The zero-order valence-electron chi connectivity index (χ0n) is 4.55. The maximum atomic E-state index is 7.07. The summed E-state index contributed by atoms with van der Waals surface area (Å²) in [5.74, 6) is 5.66. The molecule has 0 unspecified atom stereocenters. The Morgan fingerprint density at radius 3 is 2.88 bits per heavy atom. The fourth-order valence-electron chi connectivity index (χ4n) is 0.550. The average Bonchev–Trinajstić information content (AvgIpc) is 1.77. The highest BCUT2D eigenvalue weighted by Gasteiger charge is 2.09. The highest BCUT2D eigenvalue weighted by Crippen LogP contribution is 1.90. The van der Waals surface area contributed by atoms with Gasteiger partial charge in [0, 0.05) is 0 Å². The molecule has 1 aliphatic heterocycles. The Bertz CT molecular complexity index is 103. The molecule has 0 aromatic rings. The van der Waals surface area contributed by atoms with Gasteiger partial charge in [0.25, 0.3) is 0 Å². The van der Waals surface area contributed by atoms with E-state index in [1.165, 1.54) is 5.01 Å². The van der Waals surface area contributed by atoms with Crippen molar-refractivity contribution in [1.82, 2.24) is 5.01 Å². The number of nitrogens with zero attached hydrogens (tertiary/aromatic N) is 1. The summed E-state index contributed by atoms with van der Waals surface area (Å²) >= 11 is 0. The van der Waals surface area contributed by atoms with Crippen molar-refractivity contribution in [1.29, 1.82) is 5.41 Å². The van der Waals surface area contributed by atoms with Crippen LogP contribution in [-0.2, 0) is 4.74 Å². The SMILES string of the molecule is N=C1COCCN1N. The zero-order chi connectivity index (χ0) is 5.98. The molecule has 0 saturated carbocycles. The minimum Gasteiger partial charge on any atom is -0.372 e. The molecular formula is C4H9N3O. The van der Waals surface area contributed by atoms with Crippen LogP contribution in [0.3, 0.4) is 0 Å². The first-order valence-corrected chi connectivity index (χ1v) is 2.48. The average molecular weight is 115 g/mol. The van der Waals surface area contributed by atoms with Gasteiger partial charge in [-0.2, -0.15) is 0 Å². The molecular weight excluding hydrogens is 106 g/mol. The highest BCUT2D eigenvalue weighted by atomic mass is 16.5. The van der Waals surface area contributed by atoms with Crippen LogP contribution in [0.1, 0.15) is 0 Å². The van der Waals surface area contributed by atoms with E-state index in [0.717, 1.165) is 0 Å². The number of nitrogens with two attached hydrogens (primary N) is 1. The third-order valence-electron chi connectivity index (χ3n) is 1.06. The summed E-state index contributed by atoms with van der Waals surface area (Å²) in [5, 5.41) is 8.46. The van der Waals surface area contributed by atoms with Crippen molar-refractivity contribution < 1.29 is 4.74 Å². The molecule has 1 rings (SSSR count). The summed E-state index contributed by atoms with van der Waals surface area (Å²) in [6, 6.07) is 0. The van der Waals surface area contributed by atoms with Gasteiger partial charge in [-0.1, -0.05) is 0 Å². The molecule has 3 N–H and O–H groups in total. The van der Waals surface area contributed by atoms with Crippen LogP contribution in [-0.4, -0.2) is 30.6 Å². The summed E-state index contributed by atoms with van der Waals surface area (Å²) in [6.07, 6.45) is 0. The summed E-state index contributed by atoms with van der Waals surface area (Å²) in [4.78, 5) is 0. The van der Waals surface area contributed by atoms with Crippen molar-refractivity contribution >= 4 is 5.84 Å². The van der Waals surface area contributed by atoms with Gasteiger partial charge < -0.3 is 4.74 Å². The Balaban J connectivity index is 2.39. The van der Waals surface area contributed by atoms with E-state index >= 15 is 0 Å². The van der Waals surface area contributed by atoms with Gasteiger partial charge in [-0.3, -0.25) is 10.4 Å². The first-order chi connectivity index (χ1) is 3.80. The number of amidine groups is 1. The van der Waals surface area contributed by atoms with Gasteiger partial charge in [-0.05, 0) is 0 Å². The molecule has 8 heavy (non-hydrogen) atoms. The van der Waals surface area contributed by atoms with Crippen LogP contribution in [0.5, 0.6) is 0 Å². The molecule has 46 valence electrons. The number of nitrogens with one attached hydrogen (secondary N) is 1. The molecule has 1 aliphatic rings. The topological polar surface area (TPSA) is 62.3 Å². The van der Waals surface area contributed by atoms with Gasteiger partial charge in [0.05, 0.1) is 13.2 Å². The molecule has 1 heterocycles. The molecule has 0 aliphatic carbocycles. The molecule has 1 saturated heterocycles. The molecule has 0 spiro atoms. The van der Waals surface area contributed by atoms with E-state index in [-0.39, 0.29) is 0 Å². The maximum Gasteiger partial charge on any atom is 0.137 e. The fourth-order valence-corrected chi connectivity index (χ4v) is 0.550. The van der Waals surface area contributed by atoms with Crippen molar-refractivity contribution in [2.75, 3.05) is 19.8 Å². The second kappa shape index (κ2) is 2.11. The Labute approximate surface area is 47.7 Å². The highest BCUT2D eigenvalue weighted by molar-refractivity contribution is 5.80. The normalized spacial score (nSPS) is 21.6. The zero-order valence-corrected chi connectivity index (χ0v) is 4.55. The lowest BCUT2D eigenvalue weighted by molar-refractivity contribution is 0.115. The van der Waals surface area contributed by atoms with Gasteiger partial charge >= 0.3 is 0 Å². The van der Waals surface area contributed by atoms with Gasteiger partial charge in [0.1, 0.15) is 12.4 Å². The van der Waals surface area contributed by atoms with E-state index in [1.807, 2.05) is 0 Å². The van der Waals surface area contributed by atoms with E-state index in [2.05, 4.69) is 0 Å². The van der Waals surface area contributed by atoms with Crippen molar-refractivity contribution in [3.63, 3.8) is 0 Å². The molecule has 4 nitrogen and oxygen atoms in total. The molecule has 0 aromatic carbocycles. The van der Waals surface area contributed by atoms with Crippen LogP contribution in [0.25, 0.3) is 0 Å². The first-order valence-electron chi connectivity index (χ1n) is 2.48. The Morgan fingerprint density at radius 1 is 1.75 bits per heavy atom. The summed E-state index contributed by atoms with van der Waals surface area (Å²) < 4.78 is 4.91. The van der Waals surface area contributed by atoms with Gasteiger partial charge in [0.2, 0.25) is 0 Å². The van der Waals surface area contributed by atoms with E-state index in [4.69, 9.17) is 16.0 Å². The maximum absolute atomic E-state index is 7.07. The van der Waals surface area contributed by atoms with E-state index in [0.29, 0.717) is 25.6 Å². The van der Waals surface area contributed by atoms with Crippen LogP contribution >= 0.6 is 0 Å². The van der Waals surface area contributed by atoms with Crippen LogP contribution in [0, 0.1) is 5.41 Å². The Kier molecular flexibility index (Phi) is 1.45. The van der Waals surface area contributed by atoms with Gasteiger partial charge in [-0.15, -0.1) is 0 Å². The number of ether oxygens (including phenoxy) is 1. The van der Waals surface area contributed by atoms with E-state index in [9.17, 15) is 0 Å². The minimum absolute atomic E-state index is 0.358. The number of hydrogen-bond acceptors (Lipinski definition) is 3. The number of hydrogen-bond donors (Lipinski definition) is 2.